The molecule has 2 heterocycles. The van der Waals surface area contributed by atoms with E-state index in [9.17, 15) is 9.59 Å². The van der Waals surface area contributed by atoms with E-state index in [0.717, 1.165) is 16.9 Å². The highest BCUT2D eigenvalue weighted by Gasteiger charge is 2.36. The second kappa shape index (κ2) is 8.04. The van der Waals surface area contributed by atoms with E-state index in [4.69, 9.17) is 0 Å². The highest BCUT2D eigenvalue weighted by molar-refractivity contribution is 7.10. The Labute approximate surface area is 159 Å². The first-order valence-electron chi connectivity index (χ1n) is 9.21. The van der Waals surface area contributed by atoms with Gasteiger partial charge >= 0.3 is 0 Å². The van der Waals surface area contributed by atoms with E-state index < -0.39 is 0 Å². The van der Waals surface area contributed by atoms with Crippen LogP contribution in [0.5, 0.6) is 0 Å². The van der Waals surface area contributed by atoms with Crippen molar-refractivity contribution in [2.45, 2.75) is 45.7 Å². The first-order valence-corrected chi connectivity index (χ1v) is 10.1. The van der Waals surface area contributed by atoms with Gasteiger partial charge in [0.15, 0.2) is 0 Å². The molecule has 2 amide bonds. The highest BCUT2D eigenvalue weighted by atomic mass is 32.1. The summed E-state index contributed by atoms with van der Waals surface area (Å²) in [5.41, 5.74) is 2.35. The third-order valence-electron chi connectivity index (χ3n) is 4.99. The fourth-order valence-electron chi connectivity index (χ4n) is 3.39. The van der Waals surface area contributed by atoms with Crippen molar-refractivity contribution < 1.29 is 9.59 Å². The molecular formula is C21H26N2O2S. The molecule has 1 aliphatic rings. The van der Waals surface area contributed by atoms with Crippen molar-refractivity contribution in [1.82, 2.24) is 10.2 Å². The predicted molar refractivity (Wildman–Crippen MR) is 105 cm³/mol. The SMILES string of the molecule is CCc1ccc(C(NC(=O)C2CC(=O)N(C(C)C)C2)c2cccs2)cc1. The maximum atomic E-state index is 12.9. The van der Waals surface area contributed by atoms with E-state index in [1.54, 1.807) is 16.2 Å². The second-order valence-corrected chi connectivity index (χ2v) is 8.07. The van der Waals surface area contributed by atoms with Crippen LogP contribution in [0.1, 0.15) is 49.2 Å². The van der Waals surface area contributed by atoms with Crippen LogP contribution in [0.4, 0.5) is 0 Å². The Morgan fingerprint density at radius 2 is 2.00 bits per heavy atom. The lowest BCUT2D eigenvalue weighted by Gasteiger charge is -2.22. The van der Waals surface area contributed by atoms with Gasteiger partial charge in [0.05, 0.1) is 12.0 Å². The number of thiophene rings is 1. The van der Waals surface area contributed by atoms with Gasteiger partial charge in [0.1, 0.15) is 0 Å². The standard InChI is InChI=1S/C21H26N2O2S/c1-4-15-7-9-16(10-8-15)20(18-6-5-11-26-18)22-21(25)17-12-19(24)23(13-17)14(2)3/h5-11,14,17,20H,4,12-13H2,1-3H3,(H,22,25). The number of likely N-dealkylation sites (tertiary alicyclic amines) is 1. The summed E-state index contributed by atoms with van der Waals surface area (Å²) < 4.78 is 0. The lowest BCUT2D eigenvalue weighted by atomic mass is 10.0. The van der Waals surface area contributed by atoms with Crippen molar-refractivity contribution in [2.24, 2.45) is 5.92 Å². The molecule has 3 rings (SSSR count). The van der Waals surface area contributed by atoms with Gasteiger partial charge in [-0.1, -0.05) is 37.3 Å². The van der Waals surface area contributed by atoms with E-state index in [0.29, 0.717) is 13.0 Å². The zero-order chi connectivity index (χ0) is 18.7. The number of carbonyl (C=O) groups is 2. The number of benzene rings is 1. The molecule has 138 valence electrons. The molecule has 2 atom stereocenters. The van der Waals surface area contributed by atoms with Crippen molar-refractivity contribution in [2.75, 3.05) is 6.54 Å². The van der Waals surface area contributed by atoms with Gasteiger partial charge in [-0.05, 0) is 42.8 Å². The average molecular weight is 371 g/mol. The lowest BCUT2D eigenvalue weighted by Crippen LogP contribution is -2.37. The van der Waals surface area contributed by atoms with E-state index in [1.807, 2.05) is 31.4 Å². The summed E-state index contributed by atoms with van der Waals surface area (Å²) in [6, 6.07) is 12.4. The molecule has 2 aromatic rings. The summed E-state index contributed by atoms with van der Waals surface area (Å²) in [6.07, 6.45) is 1.29. The molecule has 1 fully saturated rings. The third-order valence-corrected chi connectivity index (χ3v) is 5.93. The molecular weight excluding hydrogens is 344 g/mol. The van der Waals surface area contributed by atoms with E-state index in [2.05, 4.69) is 36.5 Å². The molecule has 0 radical (unpaired) electrons. The van der Waals surface area contributed by atoms with Crippen LogP contribution in [0.3, 0.4) is 0 Å². The van der Waals surface area contributed by atoms with Gasteiger partial charge in [0, 0.05) is 23.9 Å². The van der Waals surface area contributed by atoms with Crippen LogP contribution in [0, 0.1) is 5.92 Å². The van der Waals surface area contributed by atoms with Gasteiger partial charge in [-0.25, -0.2) is 0 Å². The molecule has 5 heteroatoms. The van der Waals surface area contributed by atoms with Crippen LogP contribution < -0.4 is 5.32 Å². The van der Waals surface area contributed by atoms with Gasteiger partial charge in [-0.3, -0.25) is 9.59 Å². The van der Waals surface area contributed by atoms with Gasteiger partial charge < -0.3 is 10.2 Å². The van der Waals surface area contributed by atoms with Crippen molar-refractivity contribution in [3.05, 3.63) is 57.8 Å². The zero-order valence-corrected chi connectivity index (χ0v) is 16.4. The molecule has 26 heavy (non-hydrogen) atoms. The molecule has 1 aromatic heterocycles. The Hall–Kier alpha value is -2.14. The monoisotopic (exact) mass is 370 g/mol. The highest BCUT2D eigenvalue weighted by Crippen LogP contribution is 2.28. The fourth-order valence-corrected chi connectivity index (χ4v) is 4.19. The summed E-state index contributed by atoms with van der Waals surface area (Å²) in [5.74, 6) is -0.248. The second-order valence-electron chi connectivity index (χ2n) is 7.09. The Morgan fingerprint density at radius 1 is 1.27 bits per heavy atom. The number of hydrogen-bond acceptors (Lipinski definition) is 3. The molecule has 1 aromatic carbocycles. The summed E-state index contributed by atoms with van der Waals surface area (Å²) in [7, 11) is 0. The normalized spacial score (nSPS) is 18.4. The molecule has 0 aliphatic carbocycles. The predicted octanol–water partition coefficient (Wildman–Crippen LogP) is 3.77. The third kappa shape index (κ3) is 3.98. The van der Waals surface area contributed by atoms with Crippen molar-refractivity contribution in [1.29, 1.82) is 0 Å². The minimum atomic E-state index is -0.276. The van der Waals surface area contributed by atoms with E-state index >= 15 is 0 Å². The maximum absolute atomic E-state index is 12.9. The largest absolute Gasteiger partial charge is 0.344 e. The average Bonchev–Trinajstić information content (AvgIpc) is 3.29. The van der Waals surface area contributed by atoms with E-state index in [1.165, 1.54) is 5.56 Å². The Kier molecular flexibility index (Phi) is 5.77. The summed E-state index contributed by atoms with van der Waals surface area (Å²) in [6.45, 7) is 6.61. The maximum Gasteiger partial charge on any atom is 0.226 e. The van der Waals surface area contributed by atoms with Crippen molar-refractivity contribution >= 4 is 23.2 Å². The molecule has 2 unspecified atom stereocenters. The van der Waals surface area contributed by atoms with Crippen LogP contribution >= 0.6 is 11.3 Å². The topological polar surface area (TPSA) is 49.4 Å². The van der Waals surface area contributed by atoms with Crippen LogP contribution in [-0.2, 0) is 16.0 Å². The molecule has 0 saturated carbocycles. The zero-order valence-electron chi connectivity index (χ0n) is 15.6. The minimum absolute atomic E-state index is 0.0422. The number of nitrogens with zero attached hydrogens (tertiary/aromatic N) is 1. The first-order chi connectivity index (χ1) is 12.5. The lowest BCUT2D eigenvalue weighted by molar-refractivity contribution is -0.130. The van der Waals surface area contributed by atoms with Crippen molar-refractivity contribution in [3.63, 3.8) is 0 Å². The Balaban J connectivity index is 1.78. The Bertz CT molecular complexity index is 753. The number of hydrogen-bond donors (Lipinski definition) is 1. The van der Waals surface area contributed by atoms with E-state index in [-0.39, 0.29) is 29.8 Å². The minimum Gasteiger partial charge on any atom is -0.344 e. The summed E-state index contributed by atoms with van der Waals surface area (Å²) >= 11 is 1.63. The number of rotatable bonds is 6. The van der Waals surface area contributed by atoms with Crippen LogP contribution in [0.15, 0.2) is 41.8 Å². The molecule has 1 saturated heterocycles. The molecule has 1 N–H and O–H groups in total. The number of aryl methyl sites for hydroxylation is 1. The molecule has 4 nitrogen and oxygen atoms in total. The van der Waals surface area contributed by atoms with Gasteiger partial charge in [0.25, 0.3) is 0 Å². The Morgan fingerprint density at radius 3 is 2.54 bits per heavy atom. The first kappa shape index (κ1) is 18.6. The molecule has 1 aliphatic heterocycles. The molecule has 0 spiro atoms. The number of carbonyl (C=O) groups excluding carboxylic acids is 2. The van der Waals surface area contributed by atoms with Crippen LogP contribution in [0.2, 0.25) is 0 Å². The smallest absolute Gasteiger partial charge is 0.226 e. The molecule has 0 bridgehead atoms. The van der Waals surface area contributed by atoms with Gasteiger partial charge in [-0.15, -0.1) is 11.3 Å². The van der Waals surface area contributed by atoms with Crippen molar-refractivity contribution in [3.8, 4) is 0 Å². The summed E-state index contributed by atoms with van der Waals surface area (Å²) in [5, 5.41) is 5.21. The van der Waals surface area contributed by atoms with Crippen LogP contribution in [0.25, 0.3) is 0 Å². The summed E-state index contributed by atoms with van der Waals surface area (Å²) in [4.78, 5) is 27.9. The van der Waals surface area contributed by atoms with Crippen LogP contribution in [-0.4, -0.2) is 29.3 Å². The fraction of sp³-hybridized carbons (Fsp3) is 0.429. The number of nitrogens with one attached hydrogen (secondary N) is 1. The van der Waals surface area contributed by atoms with Gasteiger partial charge in [0.2, 0.25) is 11.8 Å². The van der Waals surface area contributed by atoms with Gasteiger partial charge in [-0.2, -0.15) is 0 Å². The number of amides is 2. The quantitative estimate of drug-likeness (QED) is 0.841.